The largest absolute Gasteiger partial charge is 0.320 e. The minimum Gasteiger partial charge on any atom is -0.320 e. The third-order valence-electron chi connectivity index (χ3n) is 3.40. The molecule has 0 aromatic carbocycles. The zero-order chi connectivity index (χ0) is 13.1. The zero-order valence-corrected chi connectivity index (χ0v) is 10.7. The summed E-state index contributed by atoms with van der Waals surface area (Å²) in [6.07, 6.45) is 6.84. The van der Waals surface area contributed by atoms with Gasteiger partial charge in [0, 0.05) is 5.56 Å². The fraction of sp³-hybridized carbons (Fsp3) is 0.333. The van der Waals surface area contributed by atoms with Crippen LogP contribution < -0.4 is 16.1 Å². The molecule has 3 nitrogen and oxygen atoms in total. The Labute approximate surface area is 106 Å². The Morgan fingerprint density at radius 3 is 2.94 bits per heavy atom. The Hall–Kier alpha value is -1.90. The minimum absolute atomic E-state index is 0.0712. The van der Waals surface area contributed by atoms with Crippen LogP contribution in [0.2, 0.25) is 0 Å². The second-order valence-corrected chi connectivity index (χ2v) is 4.87. The predicted molar refractivity (Wildman–Crippen MR) is 76.8 cm³/mol. The summed E-state index contributed by atoms with van der Waals surface area (Å²) in [6.45, 7) is 9.55. The number of allylic oxidation sites excluding steroid dienone is 2. The van der Waals surface area contributed by atoms with Gasteiger partial charge in [0.2, 0.25) is 0 Å². The molecule has 0 amide bonds. The van der Waals surface area contributed by atoms with Gasteiger partial charge in [-0.1, -0.05) is 19.6 Å². The van der Waals surface area contributed by atoms with Gasteiger partial charge >= 0.3 is 0 Å². The summed E-state index contributed by atoms with van der Waals surface area (Å²) >= 11 is 0. The highest BCUT2D eigenvalue weighted by atomic mass is 16.1. The first-order valence-electron chi connectivity index (χ1n) is 6.19. The van der Waals surface area contributed by atoms with E-state index in [0.29, 0.717) is 11.3 Å². The maximum atomic E-state index is 12.0. The van der Waals surface area contributed by atoms with Crippen molar-refractivity contribution in [3.63, 3.8) is 0 Å². The number of hydrogen-bond acceptors (Lipinski definition) is 2. The number of nitrogens with zero attached hydrogens (tertiary/aromatic N) is 1. The first-order valence-corrected chi connectivity index (χ1v) is 6.19. The highest BCUT2D eigenvalue weighted by molar-refractivity contribution is 5.65. The molecule has 1 aliphatic carbocycles. The second kappa shape index (κ2) is 5.17. The summed E-state index contributed by atoms with van der Waals surface area (Å²) in [5.74, 6) is 0.713. The monoisotopic (exact) mass is 242 g/mol. The molecule has 1 aromatic rings. The van der Waals surface area contributed by atoms with E-state index < -0.39 is 0 Å². The van der Waals surface area contributed by atoms with E-state index in [2.05, 4.69) is 36.3 Å². The van der Waals surface area contributed by atoms with Crippen LogP contribution in [0.15, 0.2) is 21.9 Å². The van der Waals surface area contributed by atoms with Crippen molar-refractivity contribution in [3.05, 3.63) is 38.6 Å². The topological polar surface area (TPSA) is 45.2 Å². The molecular weight excluding hydrogens is 224 g/mol. The van der Waals surface area contributed by atoms with Gasteiger partial charge < -0.3 is 4.98 Å². The van der Waals surface area contributed by atoms with Crippen molar-refractivity contribution in [1.29, 1.82) is 0 Å². The van der Waals surface area contributed by atoms with Crippen molar-refractivity contribution in [2.24, 2.45) is 10.9 Å². The average Bonchev–Trinajstić information content (AvgIpc) is 2.35. The minimum atomic E-state index is -0.0712. The summed E-state index contributed by atoms with van der Waals surface area (Å²) in [7, 11) is 0. The number of pyridine rings is 1. The summed E-state index contributed by atoms with van der Waals surface area (Å²) in [5.41, 5.74) is 1.81. The fourth-order valence-electron chi connectivity index (χ4n) is 2.24. The van der Waals surface area contributed by atoms with Gasteiger partial charge in [-0.05, 0) is 48.8 Å². The zero-order valence-electron chi connectivity index (χ0n) is 10.7. The van der Waals surface area contributed by atoms with Crippen LogP contribution in [0.4, 0.5) is 0 Å². The molecule has 2 rings (SSSR count). The lowest BCUT2D eigenvalue weighted by atomic mass is 9.88. The molecular formula is C15H18N2O. The molecule has 0 aliphatic heterocycles. The van der Waals surface area contributed by atoms with Gasteiger partial charge in [-0.15, -0.1) is 0 Å². The Morgan fingerprint density at radius 1 is 1.56 bits per heavy atom. The smallest absolute Gasteiger partial charge is 0.256 e. The molecule has 1 N–H and O–H groups in total. The Morgan fingerprint density at radius 2 is 2.33 bits per heavy atom. The van der Waals surface area contributed by atoms with Gasteiger partial charge in [0.15, 0.2) is 0 Å². The van der Waals surface area contributed by atoms with Crippen LogP contribution in [-0.4, -0.2) is 11.7 Å². The van der Waals surface area contributed by atoms with Crippen molar-refractivity contribution in [1.82, 2.24) is 4.98 Å². The van der Waals surface area contributed by atoms with Gasteiger partial charge in [0.1, 0.15) is 0 Å². The highest BCUT2D eigenvalue weighted by Crippen LogP contribution is 2.27. The molecule has 0 saturated carbocycles. The molecule has 0 bridgehead atoms. The number of nitrogens with one attached hydrogen (secondary N) is 1. The quantitative estimate of drug-likeness (QED) is 0.783. The van der Waals surface area contributed by atoms with E-state index in [-0.39, 0.29) is 5.56 Å². The van der Waals surface area contributed by atoms with Crippen molar-refractivity contribution in [3.8, 4) is 0 Å². The lowest BCUT2D eigenvalue weighted by Crippen LogP contribution is -2.35. The maximum Gasteiger partial charge on any atom is 0.256 e. The van der Waals surface area contributed by atoms with E-state index in [9.17, 15) is 4.79 Å². The number of hydrogen-bond donors (Lipinski definition) is 1. The molecule has 0 radical (unpaired) electrons. The molecule has 1 aromatic heterocycles. The number of aliphatic imine (C=N–C) groups is 1. The van der Waals surface area contributed by atoms with Crippen LogP contribution in [0.5, 0.6) is 0 Å². The van der Waals surface area contributed by atoms with Gasteiger partial charge in [-0.25, -0.2) is 0 Å². The molecule has 1 atom stereocenters. The molecule has 1 heterocycles. The Kier molecular flexibility index (Phi) is 3.60. The number of rotatable bonds is 2. The standard InChI is InChI=1S/C15H18N2O/c1-10-4-6-12(7-5-10)13-8-11(2)14(9-16-3)17-15(13)18/h6,8-10H,2-5,7H2,1H3,(H,17,18)/b14-9+/t10-/m1/s1. The number of aromatic amines is 1. The number of H-pyrrole nitrogens is 1. The summed E-state index contributed by atoms with van der Waals surface area (Å²) in [4.78, 5) is 18.5. The lowest BCUT2D eigenvalue weighted by molar-refractivity contribution is 0.533. The van der Waals surface area contributed by atoms with Crippen LogP contribution in [-0.2, 0) is 0 Å². The molecule has 94 valence electrons. The maximum absolute atomic E-state index is 12.0. The third kappa shape index (κ3) is 2.50. The van der Waals surface area contributed by atoms with Crippen LogP contribution in [0.1, 0.15) is 31.7 Å². The number of aromatic nitrogens is 1. The van der Waals surface area contributed by atoms with Crippen molar-refractivity contribution in [2.45, 2.75) is 26.2 Å². The van der Waals surface area contributed by atoms with Gasteiger partial charge in [-0.3, -0.25) is 9.79 Å². The summed E-state index contributed by atoms with van der Waals surface area (Å²) < 4.78 is 0. The highest BCUT2D eigenvalue weighted by Gasteiger charge is 2.13. The van der Waals surface area contributed by atoms with E-state index in [1.807, 2.05) is 6.07 Å². The van der Waals surface area contributed by atoms with Gasteiger partial charge in [0.25, 0.3) is 5.56 Å². The van der Waals surface area contributed by atoms with Crippen LogP contribution >= 0.6 is 0 Å². The van der Waals surface area contributed by atoms with E-state index >= 15 is 0 Å². The lowest BCUT2D eigenvalue weighted by Gasteiger charge is -2.17. The van der Waals surface area contributed by atoms with Gasteiger partial charge in [-0.2, -0.15) is 0 Å². The fourth-order valence-corrected chi connectivity index (χ4v) is 2.24. The average molecular weight is 242 g/mol. The molecule has 0 saturated heterocycles. The van der Waals surface area contributed by atoms with Gasteiger partial charge in [0.05, 0.1) is 11.5 Å². The predicted octanol–water partition coefficient (Wildman–Crippen LogP) is 1.43. The second-order valence-electron chi connectivity index (χ2n) is 4.87. The summed E-state index contributed by atoms with van der Waals surface area (Å²) in [5, 5.41) is 1.40. The third-order valence-corrected chi connectivity index (χ3v) is 3.40. The Balaban J connectivity index is 2.51. The Bertz CT molecular complexity index is 652. The molecule has 0 fully saturated rings. The first kappa shape index (κ1) is 12.6. The van der Waals surface area contributed by atoms with Crippen LogP contribution in [0.25, 0.3) is 18.4 Å². The van der Waals surface area contributed by atoms with Crippen LogP contribution in [0, 0.1) is 5.92 Å². The van der Waals surface area contributed by atoms with Crippen molar-refractivity contribution < 1.29 is 0 Å². The van der Waals surface area contributed by atoms with E-state index in [1.165, 1.54) is 6.20 Å². The van der Waals surface area contributed by atoms with Crippen molar-refractivity contribution >= 4 is 25.1 Å². The van der Waals surface area contributed by atoms with Crippen LogP contribution in [0.3, 0.4) is 0 Å². The molecule has 0 unspecified atom stereocenters. The van der Waals surface area contributed by atoms with E-state index in [1.54, 1.807) is 0 Å². The molecule has 18 heavy (non-hydrogen) atoms. The van der Waals surface area contributed by atoms with E-state index in [0.717, 1.165) is 35.6 Å². The molecule has 1 aliphatic rings. The van der Waals surface area contributed by atoms with Crippen molar-refractivity contribution in [2.75, 3.05) is 0 Å². The summed E-state index contributed by atoms with van der Waals surface area (Å²) in [6, 6.07) is 1.84. The normalized spacial score (nSPS) is 20.6. The SMILES string of the molecule is C=N/C=c1/[nH]c(=O)c(C2=CC[C@@H](C)CC2)cc1=C. The molecule has 0 spiro atoms. The molecule has 3 heteroatoms. The first-order chi connectivity index (χ1) is 8.61. The van der Waals surface area contributed by atoms with E-state index in [4.69, 9.17) is 0 Å².